The molecule has 1 aromatic carbocycles. The number of hydrogen-bond donors (Lipinski definition) is 0. The smallest absolute Gasteiger partial charge is 0.181 e. The molecule has 23 heavy (non-hydrogen) atoms. The highest BCUT2D eigenvalue weighted by molar-refractivity contribution is 5.28. The lowest BCUT2D eigenvalue weighted by molar-refractivity contribution is -0.190. The Hall–Kier alpha value is -1.61. The van der Waals surface area contributed by atoms with E-state index in [0.717, 1.165) is 44.6 Å². The van der Waals surface area contributed by atoms with Crippen LogP contribution in [0.3, 0.4) is 0 Å². The molecule has 0 bridgehead atoms. The van der Waals surface area contributed by atoms with Crippen LogP contribution in [0.1, 0.15) is 31.2 Å². The van der Waals surface area contributed by atoms with Gasteiger partial charge in [0.25, 0.3) is 0 Å². The number of likely N-dealkylation sites (tertiary alicyclic amines) is 1. The number of nitrogens with zero attached hydrogens (tertiary/aromatic N) is 2. The molecular formula is C18H24N2O3. The van der Waals surface area contributed by atoms with Gasteiger partial charge in [0.1, 0.15) is 5.75 Å². The van der Waals surface area contributed by atoms with E-state index in [1.54, 1.807) is 0 Å². The Kier molecular flexibility index (Phi) is 5.50. The van der Waals surface area contributed by atoms with Crippen LogP contribution in [0, 0.1) is 11.3 Å². The van der Waals surface area contributed by atoms with Crippen molar-refractivity contribution in [2.75, 3.05) is 32.9 Å². The molecule has 2 aliphatic heterocycles. The molecule has 0 saturated carbocycles. The van der Waals surface area contributed by atoms with Crippen molar-refractivity contribution in [2.24, 2.45) is 0 Å². The van der Waals surface area contributed by atoms with E-state index in [9.17, 15) is 0 Å². The molecule has 2 heterocycles. The van der Waals surface area contributed by atoms with Crippen molar-refractivity contribution in [3.05, 3.63) is 29.8 Å². The second-order valence-corrected chi connectivity index (χ2v) is 6.18. The average molecular weight is 316 g/mol. The van der Waals surface area contributed by atoms with Crippen LogP contribution in [0.4, 0.5) is 0 Å². The van der Waals surface area contributed by atoms with Gasteiger partial charge in [-0.2, -0.15) is 5.26 Å². The third-order valence-electron chi connectivity index (χ3n) is 4.32. The molecule has 2 aliphatic rings. The number of hydrogen-bond acceptors (Lipinski definition) is 5. The van der Waals surface area contributed by atoms with Gasteiger partial charge in [-0.3, -0.25) is 4.90 Å². The lowest BCUT2D eigenvalue weighted by Gasteiger charge is -2.38. The Morgan fingerprint density at radius 1 is 1.30 bits per heavy atom. The van der Waals surface area contributed by atoms with E-state index in [1.165, 1.54) is 5.56 Å². The minimum atomic E-state index is -0.371. The van der Waals surface area contributed by atoms with Crippen molar-refractivity contribution in [2.45, 2.75) is 38.0 Å². The van der Waals surface area contributed by atoms with E-state index in [4.69, 9.17) is 19.5 Å². The van der Waals surface area contributed by atoms with E-state index < -0.39 is 0 Å². The molecule has 0 radical (unpaired) electrons. The Bertz CT molecular complexity index is 549. The summed E-state index contributed by atoms with van der Waals surface area (Å²) < 4.78 is 17.4. The van der Waals surface area contributed by atoms with Gasteiger partial charge in [0.05, 0.1) is 32.4 Å². The fourth-order valence-corrected chi connectivity index (χ4v) is 3.27. The Balaban J connectivity index is 1.54. The number of rotatable bonds is 6. The molecule has 0 N–H and O–H groups in total. The number of benzene rings is 1. The fourth-order valence-electron chi connectivity index (χ4n) is 3.27. The van der Waals surface area contributed by atoms with Crippen LogP contribution in [0.25, 0.3) is 0 Å². The average Bonchev–Trinajstić information content (AvgIpc) is 3.00. The summed E-state index contributed by atoms with van der Waals surface area (Å²) in [5.74, 6) is 0.504. The van der Waals surface area contributed by atoms with Crippen LogP contribution >= 0.6 is 0 Å². The van der Waals surface area contributed by atoms with Gasteiger partial charge in [-0.1, -0.05) is 12.1 Å². The van der Waals surface area contributed by atoms with Crippen LogP contribution < -0.4 is 4.74 Å². The van der Waals surface area contributed by atoms with Gasteiger partial charge in [0, 0.05) is 19.4 Å². The molecule has 124 valence electrons. The summed E-state index contributed by atoms with van der Waals surface area (Å²) in [6.45, 7) is 4.79. The number of nitriles is 1. The van der Waals surface area contributed by atoms with E-state index in [1.807, 2.05) is 12.1 Å². The normalized spacial score (nSPS) is 20.5. The molecule has 0 unspecified atom stereocenters. The first-order valence-electron chi connectivity index (χ1n) is 8.39. The maximum absolute atomic E-state index is 8.55. The third kappa shape index (κ3) is 4.44. The summed E-state index contributed by atoms with van der Waals surface area (Å²) in [7, 11) is 0. The summed E-state index contributed by atoms with van der Waals surface area (Å²) >= 11 is 0. The van der Waals surface area contributed by atoms with Gasteiger partial charge >= 0.3 is 0 Å². The fraction of sp³-hybridized carbons (Fsp3) is 0.611. The topological polar surface area (TPSA) is 54.7 Å². The molecule has 5 nitrogen and oxygen atoms in total. The lowest BCUT2D eigenvalue weighted by atomic mass is 10.0. The second-order valence-electron chi connectivity index (χ2n) is 6.18. The van der Waals surface area contributed by atoms with Crippen molar-refractivity contribution < 1.29 is 14.2 Å². The minimum Gasteiger partial charge on any atom is -0.494 e. The van der Waals surface area contributed by atoms with Crippen LogP contribution in [0.2, 0.25) is 0 Å². The van der Waals surface area contributed by atoms with E-state index in [0.29, 0.717) is 26.2 Å². The summed E-state index contributed by atoms with van der Waals surface area (Å²) in [6, 6.07) is 10.3. The maximum Gasteiger partial charge on any atom is 0.181 e. The number of unbranched alkanes of at least 4 members (excludes halogenated alkanes) is 1. The van der Waals surface area contributed by atoms with E-state index in [-0.39, 0.29) is 5.79 Å². The van der Waals surface area contributed by atoms with Crippen LogP contribution in [-0.4, -0.2) is 43.6 Å². The zero-order valence-corrected chi connectivity index (χ0v) is 13.5. The van der Waals surface area contributed by atoms with E-state index in [2.05, 4.69) is 23.1 Å². The molecule has 0 aromatic heterocycles. The molecule has 0 amide bonds. The summed E-state index contributed by atoms with van der Waals surface area (Å²) in [5.41, 5.74) is 1.23. The van der Waals surface area contributed by atoms with Crippen LogP contribution in [-0.2, 0) is 16.0 Å². The molecule has 2 fully saturated rings. The summed E-state index contributed by atoms with van der Waals surface area (Å²) in [5, 5.41) is 8.55. The molecule has 0 atom stereocenters. The van der Waals surface area contributed by atoms with Crippen molar-refractivity contribution in [3.63, 3.8) is 0 Å². The van der Waals surface area contributed by atoms with Crippen molar-refractivity contribution >= 4 is 0 Å². The first kappa shape index (κ1) is 16.3. The highest BCUT2D eigenvalue weighted by atomic mass is 16.7. The van der Waals surface area contributed by atoms with Crippen LogP contribution in [0.15, 0.2) is 24.3 Å². The van der Waals surface area contributed by atoms with Gasteiger partial charge in [0.15, 0.2) is 5.79 Å². The third-order valence-corrected chi connectivity index (χ3v) is 4.32. The molecule has 2 saturated heterocycles. The number of ether oxygens (including phenoxy) is 3. The first-order chi connectivity index (χ1) is 11.3. The Morgan fingerprint density at radius 2 is 2.17 bits per heavy atom. The molecule has 0 aliphatic carbocycles. The largest absolute Gasteiger partial charge is 0.494 e. The number of piperidine rings is 1. The van der Waals surface area contributed by atoms with Gasteiger partial charge in [-0.15, -0.1) is 0 Å². The predicted octanol–water partition coefficient (Wildman–Crippen LogP) is 2.71. The van der Waals surface area contributed by atoms with Gasteiger partial charge in [0.2, 0.25) is 0 Å². The molecule has 3 rings (SSSR count). The monoisotopic (exact) mass is 316 g/mol. The van der Waals surface area contributed by atoms with E-state index >= 15 is 0 Å². The minimum absolute atomic E-state index is 0.371. The van der Waals surface area contributed by atoms with Gasteiger partial charge < -0.3 is 14.2 Å². The zero-order valence-electron chi connectivity index (χ0n) is 13.5. The Labute approximate surface area is 137 Å². The summed E-state index contributed by atoms with van der Waals surface area (Å²) in [4.78, 5) is 2.39. The Morgan fingerprint density at radius 3 is 3.00 bits per heavy atom. The van der Waals surface area contributed by atoms with Crippen molar-refractivity contribution in [3.8, 4) is 11.8 Å². The highest BCUT2D eigenvalue weighted by Gasteiger charge is 2.40. The SMILES string of the molecule is N#CCCCOc1cccc(CN2CCCC3(C2)OCCO3)c1. The van der Waals surface area contributed by atoms with Crippen molar-refractivity contribution in [1.29, 1.82) is 5.26 Å². The highest BCUT2D eigenvalue weighted by Crippen LogP contribution is 2.31. The molecule has 1 spiro atoms. The first-order valence-corrected chi connectivity index (χ1v) is 8.39. The molecule has 5 heteroatoms. The standard InChI is InChI=1S/C18H24N2O3/c19-8-1-2-10-21-17-6-3-5-16(13-17)14-20-9-4-7-18(15-20)22-11-12-23-18/h3,5-6,13H,1-2,4,7,9-12,14-15H2. The molecular weight excluding hydrogens is 292 g/mol. The van der Waals surface area contributed by atoms with Crippen LogP contribution in [0.5, 0.6) is 5.75 Å². The zero-order chi connectivity index (χ0) is 16.0. The van der Waals surface area contributed by atoms with Crippen molar-refractivity contribution in [1.82, 2.24) is 4.90 Å². The predicted molar refractivity (Wildman–Crippen MR) is 85.9 cm³/mol. The maximum atomic E-state index is 8.55. The van der Waals surface area contributed by atoms with Gasteiger partial charge in [-0.05, 0) is 37.1 Å². The molecule has 1 aromatic rings. The quantitative estimate of drug-likeness (QED) is 0.755. The lowest BCUT2D eigenvalue weighted by Crippen LogP contribution is -2.48. The van der Waals surface area contributed by atoms with Gasteiger partial charge in [-0.25, -0.2) is 0 Å². The second kappa shape index (κ2) is 7.78. The summed E-state index contributed by atoms with van der Waals surface area (Å²) in [6.07, 6.45) is 3.40.